The minimum Gasteiger partial charge on any atom is -0.497 e. The van der Waals surface area contributed by atoms with Gasteiger partial charge in [0.2, 0.25) is 5.16 Å². The molecule has 0 aliphatic rings. The number of aromatic nitrogens is 4. The normalized spacial score (nSPS) is 10.9. The Labute approximate surface area is 162 Å². The van der Waals surface area contributed by atoms with E-state index in [4.69, 9.17) is 4.74 Å². The number of rotatable bonds is 6. The Bertz CT molecular complexity index is 948. The van der Waals surface area contributed by atoms with Crippen molar-refractivity contribution in [3.8, 4) is 11.4 Å². The highest BCUT2D eigenvalue weighted by molar-refractivity contribution is 7.99. The molecule has 0 atom stereocenters. The van der Waals surface area contributed by atoms with Crippen molar-refractivity contribution in [1.82, 2.24) is 20.2 Å². The first-order chi connectivity index (χ1) is 13.3. The molecule has 0 saturated carbocycles. The van der Waals surface area contributed by atoms with E-state index in [9.17, 15) is 0 Å². The van der Waals surface area contributed by atoms with Gasteiger partial charge in [0.15, 0.2) is 0 Å². The number of thioether (sulfide) groups is 1. The van der Waals surface area contributed by atoms with Gasteiger partial charge in [0, 0.05) is 0 Å². The van der Waals surface area contributed by atoms with Crippen molar-refractivity contribution in [1.29, 1.82) is 0 Å². The molecule has 0 aliphatic heterocycles. The quantitative estimate of drug-likeness (QED) is 0.463. The van der Waals surface area contributed by atoms with Crippen molar-refractivity contribution in [3.63, 3.8) is 0 Å². The molecule has 0 radical (unpaired) electrons. The van der Waals surface area contributed by atoms with E-state index >= 15 is 0 Å². The van der Waals surface area contributed by atoms with Crippen LogP contribution in [0.15, 0.2) is 90.1 Å². The molecule has 0 saturated heterocycles. The molecular weight excluding hydrogens is 356 g/mol. The predicted molar refractivity (Wildman–Crippen MR) is 106 cm³/mol. The summed E-state index contributed by atoms with van der Waals surface area (Å²) in [5.41, 5.74) is 3.30. The molecule has 1 aromatic heterocycles. The summed E-state index contributed by atoms with van der Waals surface area (Å²) in [5.74, 6) is 0.799. The van der Waals surface area contributed by atoms with E-state index in [-0.39, 0.29) is 5.25 Å². The van der Waals surface area contributed by atoms with Gasteiger partial charge in [0.1, 0.15) is 5.75 Å². The van der Waals surface area contributed by atoms with Crippen molar-refractivity contribution >= 4 is 11.8 Å². The molecule has 0 N–H and O–H groups in total. The number of nitrogens with zero attached hydrogens (tertiary/aromatic N) is 4. The molecule has 0 aliphatic carbocycles. The average Bonchev–Trinajstić information content (AvgIpc) is 3.21. The molecule has 134 valence electrons. The minimum atomic E-state index is 0.0930. The fourth-order valence-electron chi connectivity index (χ4n) is 2.83. The van der Waals surface area contributed by atoms with Crippen LogP contribution in [0.2, 0.25) is 0 Å². The molecule has 4 rings (SSSR count). The Morgan fingerprint density at radius 2 is 1.41 bits per heavy atom. The molecule has 0 spiro atoms. The first-order valence-corrected chi connectivity index (χ1v) is 9.42. The van der Waals surface area contributed by atoms with Crippen LogP contribution in [0.3, 0.4) is 0 Å². The molecular formula is C21H18N4OS. The Hall–Kier alpha value is -3.12. The molecule has 4 aromatic rings. The highest BCUT2D eigenvalue weighted by Crippen LogP contribution is 2.39. The summed E-state index contributed by atoms with van der Waals surface area (Å²) in [4.78, 5) is 0. The zero-order valence-corrected chi connectivity index (χ0v) is 15.6. The maximum atomic E-state index is 5.23. The van der Waals surface area contributed by atoms with Crippen LogP contribution >= 0.6 is 11.8 Å². The third kappa shape index (κ3) is 3.85. The molecule has 5 nitrogen and oxygen atoms in total. The number of methoxy groups -OCH3 is 1. The second kappa shape index (κ2) is 8.05. The number of ether oxygens (including phenoxy) is 1. The first-order valence-electron chi connectivity index (χ1n) is 8.54. The van der Waals surface area contributed by atoms with Crippen molar-refractivity contribution in [2.24, 2.45) is 0 Å². The smallest absolute Gasteiger partial charge is 0.215 e. The lowest BCUT2D eigenvalue weighted by Gasteiger charge is -2.17. The van der Waals surface area contributed by atoms with Crippen LogP contribution in [0.25, 0.3) is 5.69 Å². The molecule has 6 heteroatoms. The lowest BCUT2D eigenvalue weighted by atomic mass is 10.0. The Balaban J connectivity index is 1.69. The first kappa shape index (κ1) is 17.3. The molecule has 1 heterocycles. The van der Waals surface area contributed by atoms with Crippen molar-refractivity contribution in [2.45, 2.75) is 10.4 Å². The highest BCUT2D eigenvalue weighted by atomic mass is 32.2. The van der Waals surface area contributed by atoms with Crippen LogP contribution in [-0.2, 0) is 0 Å². The summed E-state index contributed by atoms with van der Waals surface area (Å²) in [6.07, 6.45) is 0. The van der Waals surface area contributed by atoms with Crippen molar-refractivity contribution in [2.75, 3.05) is 7.11 Å². The van der Waals surface area contributed by atoms with Crippen LogP contribution < -0.4 is 4.74 Å². The van der Waals surface area contributed by atoms with E-state index in [0.717, 1.165) is 16.6 Å². The molecule has 0 amide bonds. The molecule has 0 bridgehead atoms. The fourth-order valence-corrected chi connectivity index (χ4v) is 3.95. The number of benzene rings is 3. The lowest BCUT2D eigenvalue weighted by Crippen LogP contribution is -2.02. The van der Waals surface area contributed by atoms with Gasteiger partial charge in [-0.15, -0.1) is 5.10 Å². The summed E-state index contributed by atoms with van der Waals surface area (Å²) >= 11 is 1.63. The van der Waals surface area contributed by atoms with Crippen LogP contribution in [0.5, 0.6) is 5.75 Å². The lowest BCUT2D eigenvalue weighted by molar-refractivity contribution is 0.414. The fraction of sp³-hybridized carbons (Fsp3) is 0.0952. The predicted octanol–water partition coefficient (Wildman–Crippen LogP) is 4.55. The maximum absolute atomic E-state index is 5.23. The molecule has 0 fully saturated rings. The van der Waals surface area contributed by atoms with Gasteiger partial charge in [-0.1, -0.05) is 72.4 Å². The maximum Gasteiger partial charge on any atom is 0.215 e. The van der Waals surface area contributed by atoms with Gasteiger partial charge in [0.05, 0.1) is 18.0 Å². The van der Waals surface area contributed by atoms with Crippen LogP contribution in [0, 0.1) is 0 Å². The van der Waals surface area contributed by atoms with Crippen LogP contribution in [0.1, 0.15) is 16.4 Å². The Morgan fingerprint density at radius 1 is 0.815 bits per heavy atom. The molecule has 3 aromatic carbocycles. The molecule has 0 unspecified atom stereocenters. The van der Waals surface area contributed by atoms with E-state index in [2.05, 4.69) is 64.1 Å². The summed E-state index contributed by atoms with van der Waals surface area (Å²) in [7, 11) is 1.65. The van der Waals surface area contributed by atoms with Crippen LogP contribution in [0.4, 0.5) is 0 Å². The monoisotopic (exact) mass is 374 g/mol. The van der Waals surface area contributed by atoms with Gasteiger partial charge in [-0.05, 0) is 45.8 Å². The van der Waals surface area contributed by atoms with E-state index < -0.39 is 0 Å². The van der Waals surface area contributed by atoms with Crippen molar-refractivity contribution in [3.05, 3.63) is 96.1 Å². The second-order valence-electron chi connectivity index (χ2n) is 5.89. The van der Waals surface area contributed by atoms with Crippen LogP contribution in [-0.4, -0.2) is 27.3 Å². The summed E-state index contributed by atoms with van der Waals surface area (Å²) in [5, 5.41) is 13.2. The van der Waals surface area contributed by atoms with Gasteiger partial charge < -0.3 is 4.74 Å². The average molecular weight is 374 g/mol. The Morgan fingerprint density at radius 3 is 1.96 bits per heavy atom. The standard InChI is InChI=1S/C21H18N4OS/c1-26-19-14-12-18(13-15-19)25-21(22-23-24-25)27-20(16-8-4-2-5-9-16)17-10-6-3-7-11-17/h2-15,20H,1H3. The number of hydrogen-bond donors (Lipinski definition) is 0. The Kier molecular flexibility index (Phi) is 5.16. The largest absolute Gasteiger partial charge is 0.497 e. The SMILES string of the molecule is COc1ccc(-n2nnnc2SC(c2ccccc2)c2ccccc2)cc1. The topological polar surface area (TPSA) is 52.8 Å². The van der Waals surface area contributed by atoms with E-state index in [0.29, 0.717) is 0 Å². The van der Waals surface area contributed by atoms with Gasteiger partial charge in [-0.3, -0.25) is 0 Å². The second-order valence-corrected chi connectivity index (χ2v) is 6.96. The summed E-state index contributed by atoms with van der Waals surface area (Å²) in [6, 6.07) is 28.5. The zero-order chi connectivity index (χ0) is 18.5. The van der Waals surface area contributed by atoms with E-state index in [1.54, 1.807) is 23.6 Å². The van der Waals surface area contributed by atoms with E-state index in [1.165, 1.54) is 11.1 Å². The molecule has 27 heavy (non-hydrogen) atoms. The summed E-state index contributed by atoms with van der Waals surface area (Å²) < 4.78 is 6.98. The third-order valence-corrected chi connectivity index (χ3v) is 5.43. The zero-order valence-electron chi connectivity index (χ0n) is 14.8. The summed E-state index contributed by atoms with van der Waals surface area (Å²) in [6.45, 7) is 0. The number of hydrogen-bond acceptors (Lipinski definition) is 5. The van der Waals surface area contributed by atoms with Gasteiger partial charge in [-0.25, -0.2) is 0 Å². The minimum absolute atomic E-state index is 0.0930. The highest BCUT2D eigenvalue weighted by Gasteiger charge is 2.20. The van der Waals surface area contributed by atoms with E-state index in [1.807, 2.05) is 36.4 Å². The van der Waals surface area contributed by atoms with Gasteiger partial charge >= 0.3 is 0 Å². The third-order valence-electron chi connectivity index (χ3n) is 4.19. The van der Waals surface area contributed by atoms with Crippen molar-refractivity contribution < 1.29 is 4.74 Å². The van der Waals surface area contributed by atoms with Gasteiger partial charge in [0.25, 0.3) is 0 Å². The number of tetrazole rings is 1. The van der Waals surface area contributed by atoms with Gasteiger partial charge in [-0.2, -0.15) is 4.68 Å².